The van der Waals surface area contributed by atoms with Crippen LogP contribution in [0.4, 0.5) is 0 Å². The number of hydrogen-bond donors (Lipinski definition) is 1. The van der Waals surface area contributed by atoms with Crippen molar-refractivity contribution in [1.82, 2.24) is 0 Å². The van der Waals surface area contributed by atoms with E-state index in [2.05, 4.69) is 45.9 Å². The molecule has 0 aliphatic heterocycles. The largest absolute Gasteiger partial charge is 0.462 e. The molecule has 0 aromatic rings. The van der Waals surface area contributed by atoms with Gasteiger partial charge in [-0.1, -0.05) is 31.8 Å². The molecular formula is C18H40O4Si3. The molecule has 0 amide bonds. The third kappa shape index (κ3) is 12.7. The first-order chi connectivity index (χ1) is 11.3. The van der Waals surface area contributed by atoms with Gasteiger partial charge < -0.3 is 14.0 Å². The third-order valence-corrected chi connectivity index (χ3v) is 15.7. The van der Waals surface area contributed by atoms with Crippen LogP contribution in [0.1, 0.15) is 19.8 Å². The van der Waals surface area contributed by atoms with Crippen LogP contribution in [0.15, 0.2) is 12.2 Å². The molecule has 7 heteroatoms. The lowest BCUT2D eigenvalue weighted by Gasteiger charge is -2.36. The first-order valence-electron chi connectivity index (χ1n) is 9.44. The molecule has 0 saturated heterocycles. The molecule has 0 aromatic carbocycles. The Kier molecular flexibility index (Phi) is 10.7. The molecule has 0 aliphatic carbocycles. The molecule has 0 aromatic heterocycles. The van der Waals surface area contributed by atoms with Crippen molar-refractivity contribution < 1.29 is 18.8 Å². The molecule has 148 valence electrons. The van der Waals surface area contributed by atoms with Crippen LogP contribution in [-0.4, -0.2) is 49.0 Å². The van der Waals surface area contributed by atoms with Gasteiger partial charge in [-0.2, -0.15) is 0 Å². The summed E-state index contributed by atoms with van der Waals surface area (Å²) in [6.07, 6.45) is 1.80. The molecule has 1 N–H and O–H groups in total. The average molecular weight is 405 g/mol. The van der Waals surface area contributed by atoms with Crippen molar-refractivity contribution in [1.29, 1.82) is 0 Å². The number of aliphatic hydroxyl groups excluding tert-OH is 1. The van der Waals surface area contributed by atoms with Crippen LogP contribution in [0.3, 0.4) is 0 Å². The van der Waals surface area contributed by atoms with Crippen molar-refractivity contribution in [2.45, 2.75) is 83.2 Å². The Bertz CT molecular complexity index is 434. The van der Waals surface area contributed by atoms with Crippen molar-refractivity contribution in [2.24, 2.45) is 0 Å². The van der Waals surface area contributed by atoms with Crippen molar-refractivity contribution in [2.75, 3.05) is 13.2 Å². The summed E-state index contributed by atoms with van der Waals surface area (Å²) in [6, 6.07) is 4.70. The van der Waals surface area contributed by atoms with Crippen LogP contribution in [0, 0.1) is 0 Å². The lowest BCUT2D eigenvalue weighted by atomic mass is 10.4. The van der Waals surface area contributed by atoms with Crippen LogP contribution in [0.2, 0.25) is 63.5 Å². The van der Waals surface area contributed by atoms with E-state index in [1.54, 1.807) is 6.92 Å². The fourth-order valence-corrected chi connectivity index (χ4v) is 17.2. The third-order valence-electron chi connectivity index (χ3n) is 4.47. The van der Waals surface area contributed by atoms with E-state index in [9.17, 15) is 4.79 Å². The first-order valence-corrected chi connectivity index (χ1v) is 19.1. The van der Waals surface area contributed by atoms with E-state index in [1.165, 1.54) is 18.1 Å². The van der Waals surface area contributed by atoms with E-state index in [0.717, 1.165) is 18.9 Å². The van der Waals surface area contributed by atoms with E-state index < -0.39 is 24.7 Å². The summed E-state index contributed by atoms with van der Waals surface area (Å²) in [4.78, 5) is 11.4. The van der Waals surface area contributed by atoms with Crippen LogP contribution in [0.5, 0.6) is 0 Å². The Balaban J connectivity index is 4.31. The fourth-order valence-electron chi connectivity index (χ4n) is 2.96. The second kappa shape index (κ2) is 10.8. The number of carbonyl (C=O) groups is 1. The second-order valence-corrected chi connectivity index (χ2v) is 23.3. The maximum absolute atomic E-state index is 11.4. The van der Waals surface area contributed by atoms with E-state index in [4.69, 9.17) is 14.0 Å². The first kappa shape index (κ1) is 24.8. The summed E-state index contributed by atoms with van der Waals surface area (Å²) in [6.45, 7) is 20.1. The normalized spacial score (nSPS) is 13.0. The van der Waals surface area contributed by atoms with Crippen molar-refractivity contribution in [3.63, 3.8) is 0 Å². The average Bonchev–Trinajstić information content (AvgIpc) is 2.46. The van der Waals surface area contributed by atoms with Gasteiger partial charge in [0, 0.05) is 20.3 Å². The molecule has 0 aliphatic rings. The molecule has 0 saturated carbocycles. The highest BCUT2D eigenvalue weighted by Crippen LogP contribution is 2.28. The Morgan fingerprint density at radius 2 is 1.48 bits per heavy atom. The van der Waals surface area contributed by atoms with E-state index in [1.807, 2.05) is 0 Å². The zero-order valence-electron chi connectivity index (χ0n) is 17.5. The quantitative estimate of drug-likeness (QED) is 0.203. The predicted octanol–water partition coefficient (Wildman–Crippen LogP) is 5.01. The van der Waals surface area contributed by atoms with E-state index in [-0.39, 0.29) is 5.97 Å². The maximum Gasteiger partial charge on any atom is 0.333 e. The van der Waals surface area contributed by atoms with Gasteiger partial charge >= 0.3 is 5.97 Å². The van der Waals surface area contributed by atoms with Crippen molar-refractivity contribution >= 4 is 30.7 Å². The highest BCUT2D eigenvalue weighted by molar-refractivity contribution is 6.86. The molecular weight excluding hydrogens is 364 g/mol. The second-order valence-electron chi connectivity index (χ2n) is 9.13. The number of hydrogen-bond acceptors (Lipinski definition) is 4. The van der Waals surface area contributed by atoms with Crippen LogP contribution >= 0.6 is 0 Å². The van der Waals surface area contributed by atoms with Crippen LogP contribution in [0.25, 0.3) is 0 Å². The Morgan fingerprint density at radius 1 is 0.920 bits per heavy atom. The van der Waals surface area contributed by atoms with E-state index >= 15 is 0 Å². The number of rotatable bonds is 13. The van der Waals surface area contributed by atoms with Crippen LogP contribution in [-0.2, 0) is 13.6 Å². The van der Waals surface area contributed by atoms with Gasteiger partial charge in [-0.25, -0.2) is 4.79 Å². The summed E-state index contributed by atoms with van der Waals surface area (Å²) in [5.41, 5.74) is 0.453. The highest BCUT2D eigenvalue weighted by atomic mass is 28.4. The van der Waals surface area contributed by atoms with Gasteiger partial charge in [-0.15, -0.1) is 0 Å². The predicted molar refractivity (Wildman–Crippen MR) is 115 cm³/mol. The van der Waals surface area contributed by atoms with Gasteiger partial charge in [0.05, 0.1) is 6.61 Å². The smallest absolute Gasteiger partial charge is 0.333 e. The molecule has 4 nitrogen and oxygen atoms in total. The zero-order chi connectivity index (χ0) is 19.7. The van der Waals surface area contributed by atoms with Crippen LogP contribution < -0.4 is 0 Å². The monoisotopic (exact) mass is 404 g/mol. The summed E-state index contributed by atoms with van der Waals surface area (Å²) < 4.78 is 11.9. The van der Waals surface area contributed by atoms with Crippen molar-refractivity contribution in [3.8, 4) is 0 Å². The standard InChI is InChI=1S/C18H40O4Si3/c1-17(2)18(20)21-12-10-14-24(5,6)22-25(7,8)16-15-23(3,4)13-9-11-19/h19H,1,9-16H2,2-8H3. The number of esters is 1. The SMILES string of the molecule is C=C(C)C(=O)OCCC[Si](C)(C)O[Si](C)(C)CC[Si](C)(C)CCCO. The fraction of sp³-hybridized carbons (Fsp3) is 0.833. The summed E-state index contributed by atoms with van der Waals surface area (Å²) >= 11 is 0. The molecule has 0 spiro atoms. The minimum atomic E-state index is -1.74. The number of carbonyl (C=O) groups excluding carboxylic acids is 1. The van der Waals surface area contributed by atoms with Gasteiger partial charge in [0.25, 0.3) is 0 Å². The van der Waals surface area contributed by atoms with Gasteiger partial charge in [0.15, 0.2) is 16.6 Å². The molecule has 0 atom stereocenters. The summed E-state index contributed by atoms with van der Waals surface area (Å²) in [7, 11) is -4.63. The highest BCUT2D eigenvalue weighted by Gasteiger charge is 2.34. The molecule has 0 radical (unpaired) electrons. The molecule has 0 unspecified atom stereocenters. The lowest BCUT2D eigenvalue weighted by molar-refractivity contribution is -0.138. The van der Waals surface area contributed by atoms with E-state index in [0.29, 0.717) is 18.8 Å². The van der Waals surface area contributed by atoms with Gasteiger partial charge in [-0.05, 0) is 58.0 Å². The summed E-state index contributed by atoms with van der Waals surface area (Å²) in [5.74, 6) is -0.301. The topological polar surface area (TPSA) is 55.8 Å². The minimum Gasteiger partial charge on any atom is -0.462 e. The van der Waals surface area contributed by atoms with Gasteiger partial charge in [0.1, 0.15) is 0 Å². The van der Waals surface area contributed by atoms with Gasteiger partial charge in [0.2, 0.25) is 0 Å². The molecule has 0 bridgehead atoms. The van der Waals surface area contributed by atoms with Gasteiger partial charge in [-0.3, -0.25) is 0 Å². The Hall–Kier alpha value is -0.219. The van der Waals surface area contributed by atoms with Crippen molar-refractivity contribution in [3.05, 3.63) is 12.2 Å². The Morgan fingerprint density at radius 3 is 2.00 bits per heavy atom. The molecule has 25 heavy (non-hydrogen) atoms. The lowest BCUT2D eigenvalue weighted by Crippen LogP contribution is -2.45. The molecule has 0 fully saturated rings. The Labute approximate surface area is 158 Å². The number of aliphatic hydroxyl groups is 1. The number of ether oxygens (including phenoxy) is 1. The molecule has 0 rings (SSSR count). The maximum atomic E-state index is 11.4. The summed E-state index contributed by atoms with van der Waals surface area (Å²) in [5, 5.41) is 9.05. The molecule has 0 heterocycles. The minimum absolute atomic E-state index is 0.301. The zero-order valence-corrected chi connectivity index (χ0v) is 20.5.